The Labute approximate surface area is 85.6 Å². The lowest BCUT2D eigenvalue weighted by Crippen LogP contribution is -1.99. The molecule has 1 aromatic carbocycles. The quantitative estimate of drug-likeness (QED) is 0.477. The number of nitro groups is 1. The van der Waals surface area contributed by atoms with E-state index in [4.69, 9.17) is 22.1 Å². The Kier molecular flexibility index (Phi) is 3.14. The first-order chi connectivity index (χ1) is 6.57. The van der Waals surface area contributed by atoms with Crippen LogP contribution in [0.2, 0.25) is 5.02 Å². The van der Waals surface area contributed by atoms with Crippen LogP contribution < -0.4 is 10.5 Å². The van der Waals surface area contributed by atoms with E-state index in [0.29, 0.717) is 6.61 Å². The molecule has 0 spiro atoms. The van der Waals surface area contributed by atoms with Gasteiger partial charge >= 0.3 is 5.69 Å². The third-order valence-electron chi connectivity index (χ3n) is 1.59. The van der Waals surface area contributed by atoms with E-state index in [2.05, 4.69) is 0 Å². The highest BCUT2D eigenvalue weighted by Gasteiger charge is 2.20. The molecule has 0 radical (unpaired) electrons. The molecular weight excluding hydrogens is 208 g/mol. The molecule has 0 aromatic heterocycles. The Morgan fingerprint density at radius 3 is 2.79 bits per heavy atom. The summed E-state index contributed by atoms with van der Waals surface area (Å²) in [6.07, 6.45) is 0. The maximum Gasteiger partial charge on any atom is 0.314 e. The number of hydrogen-bond acceptors (Lipinski definition) is 4. The van der Waals surface area contributed by atoms with E-state index in [1.807, 2.05) is 0 Å². The summed E-state index contributed by atoms with van der Waals surface area (Å²) in [7, 11) is 0. The van der Waals surface area contributed by atoms with Crippen LogP contribution in [0.1, 0.15) is 6.92 Å². The van der Waals surface area contributed by atoms with Crippen molar-refractivity contribution in [2.45, 2.75) is 6.92 Å². The van der Waals surface area contributed by atoms with E-state index >= 15 is 0 Å². The van der Waals surface area contributed by atoms with E-state index in [1.54, 1.807) is 6.92 Å². The molecule has 76 valence electrons. The van der Waals surface area contributed by atoms with Gasteiger partial charge in [-0.15, -0.1) is 0 Å². The van der Waals surface area contributed by atoms with Gasteiger partial charge in [-0.2, -0.15) is 0 Å². The normalized spacial score (nSPS) is 9.86. The molecule has 0 atom stereocenters. The first kappa shape index (κ1) is 10.6. The van der Waals surface area contributed by atoms with Crippen molar-refractivity contribution in [2.24, 2.45) is 0 Å². The zero-order chi connectivity index (χ0) is 10.7. The Balaban J connectivity index is 3.26. The average molecular weight is 217 g/mol. The number of nitrogens with zero attached hydrogens (tertiary/aromatic N) is 1. The number of nitrogens with two attached hydrogens (primary N) is 1. The number of hydrogen-bond donors (Lipinski definition) is 1. The van der Waals surface area contributed by atoms with Crippen LogP contribution in [0.5, 0.6) is 5.75 Å². The Morgan fingerprint density at radius 2 is 2.29 bits per heavy atom. The Morgan fingerprint density at radius 1 is 1.64 bits per heavy atom. The molecule has 0 saturated carbocycles. The fourth-order valence-electron chi connectivity index (χ4n) is 1.01. The largest absolute Gasteiger partial charge is 0.492 e. The lowest BCUT2D eigenvalue weighted by molar-refractivity contribution is -0.383. The van der Waals surface area contributed by atoms with E-state index < -0.39 is 4.92 Å². The van der Waals surface area contributed by atoms with Crippen LogP contribution in [-0.4, -0.2) is 11.5 Å². The van der Waals surface area contributed by atoms with E-state index in [1.165, 1.54) is 12.1 Å². The summed E-state index contributed by atoms with van der Waals surface area (Å²) in [4.78, 5) is 9.96. The van der Waals surface area contributed by atoms with Crippen LogP contribution in [0.15, 0.2) is 12.1 Å². The van der Waals surface area contributed by atoms with Crippen LogP contribution in [0.4, 0.5) is 11.4 Å². The lowest BCUT2D eigenvalue weighted by atomic mass is 10.2. The molecule has 14 heavy (non-hydrogen) atoms. The molecular formula is C8H9ClN2O3. The van der Waals surface area contributed by atoms with Crippen molar-refractivity contribution in [1.29, 1.82) is 0 Å². The maximum absolute atomic E-state index is 10.6. The molecule has 0 amide bonds. The van der Waals surface area contributed by atoms with Gasteiger partial charge in [0.1, 0.15) is 11.4 Å². The van der Waals surface area contributed by atoms with Gasteiger partial charge in [-0.3, -0.25) is 10.1 Å². The fourth-order valence-corrected chi connectivity index (χ4v) is 1.31. The zero-order valence-corrected chi connectivity index (χ0v) is 8.25. The fraction of sp³-hybridized carbons (Fsp3) is 0.250. The second kappa shape index (κ2) is 4.15. The molecule has 2 N–H and O–H groups in total. The van der Waals surface area contributed by atoms with Crippen molar-refractivity contribution in [3.8, 4) is 5.75 Å². The van der Waals surface area contributed by atoms with Gasteiger partial charge in [0.25, 0.3) is 0 Å². The molecule has 0 fully saturated rings. The van der Waals surface area contributed by atoms with Crippen molar-refractivity contribution in [1.82, 2.24) is 0 Å². The minimum absolute atomic E-state index is 0.0310. The highest BCUT2D eigenvalue weighted by molar-refractivity contribution is 6.34. The minimum atomic E-state index is -0.625. The van der Waals surface area contributed by atoms with Gasteiger partial charge in [0.15, 0.2) is 5.02 Å². The van der Waals surface area contributed by atoms with Crippen LogP contribution in [0, 0.1) is 10.1 Å². The van der Waals surface area contributed by atoms with Crippen LogP contribution in [-0.2, 0) is 0 Å². The van der Waals surface area contributed by atoms with Gasteiger partial charge in [-0.1, -0.05) is 11.6 Å². The molecule has 0 saturated heterocycles. The van der Waals surface area contributed by atoms with E-state index in [9.17, 15) is 10.1 Å². The number of benzene rings is 1. The number of rotatable bonds is 3. The predicted octanol–water partition coefficient (Wildman–Crippen LogP) is 2.23. The van der Waals surface area contributed by atoms with Crippen molar-refractivity contribution in [2.75, 3.05) is 12.3 Å². The summed E-state index contributed by atoms with van der Waals surface area (Å²) in [5.74, 6) is 0.273. The topological polar surface area (TPSA) is 78.4 Å². The van der Waals surface area contributed by atoms with Gasteiger partial charge < -0.3 is 10.5 Å². The van der Waals surface area contributed by atoms with Crippen molar-refractivity contribution in [3.63, 3.8) is 0 Å². The zero-order valence-electron chi connectivity index (χ0n) is 7.49. The van der Waals surface area contributed by atoms with Gasteiger partial charge in [-0.05, 0) is 19.1 Å². The number of nitrogen functional groups attached to an aromatic ring is 1. The molecule has 0 unspecified atom stereocenters. The van der Waals surface area contributed by atoms with Crippen molar-refractivity contribution >= 4 is 23.0 Å². The minimum Gasteiger partial charge on any atom is -0.492 e. The first-order valence-electron chi connectivity index (χ1n) is 3.93. The summed E-state index contributed by atoms with van der Waals surface area (Å²) >= 11 is 5.74. The summed E-state index contributed by atoms with van der Waals surface area (Å²) in [6.45, 7) is 2.15. The molecule has 6 heteroatoms. The highest BCUT2D eigenvalue weighted by Crippen LogP contribution is 2.37. The van der Waals surface area contributed by atoms with Gasteiger partial charge in [0, 0.05) is 0 Å². The van der Waals surface area contributed by atoms with E-state index in [0.717, 1.165) is 0 Å². The van der Waals surface area contributed by atoms with Crippen LogP contribution >= 0.6 is 11.6 Å². The number of halogens is 1. The van der Waals surface area contributed by atoms with Gasteiger partial charge in [-0.25, -0.2) is 0 Å². The SMILES string of the molecule is CCOc1ccc(N)c([N+](=O)[O-])c1Cl. The first-order valence-corrected chi connectivity index (χ1v) is 4.30. The molecule has 0 aliphatic carbocycles. The average Bonchev–Trinajstić information content (AvgIpc) is 2.10. The maximum atomic E-state index is 10.6. The monoisotopic (exact) mass is 216 g/mol. The molecule has 0 bridgehead atoms. The lowest BCUT2D eigenvalue weighted by Gasteiger charge is -2.06. The second-order valence-electron chi connectivity index (χ2n) is 2.51. The second-order valence-corrected chi connectivity index (χ2v) is 2.88. The van der Waals surface area contributed by atoms with Crippen molar-refractivity contribution in [3.05, 3.63) is 27.3 Å². The summed E-state index contributed by atoms with van der Waals surface area (Å²) in [6, 6.07) is 2.91. The smallest absolute Gasteiger partial charge is 0.314 e. The summed E-state index contributed by atoms with van der Waals surface area (Å²) < 4.78 is 5.09. The number of nitro benzene ring substituents is 1. The third kappa shape index (κ3) is 1.88. The van der Waals surface area contributed by atoms with Gasteiger partial charge in [0.05, 0.1) is 11.5 Å². The number of ether oxygens (including phenoxy) is 1. The molecule has 0 aliphatic rings. The summed E-state index contributed by atoms with van der Waals surface area (Å²) in [5.41, 5.74) is 5.13. The van der Waals surface area contributed by atoms with Gasteiger partial charge in [0.2, 0.25) is 0 Å². The van der Waals surface area contributed by atoms with Crippen molar-refractivity contribution < 1.29 is 9.66 Å². The molecule has 0 aliphatic heterocycles. The van der Waals surface area contributed by atoms with Crippen LogP contribution in [0.25, 0.3) is 0 Å². The standard InChI is InChI=1S/C8H9ClN2O3/c1-2-14-6-4-3-5(10)8(7(6)9)11(12)13/h3-4H,2,10H2,1H3. The molecule has 5 nitrogen and oxygen atoms in total. The molecule has 1 aromatic rings. The van der Waals surface area contributed by atoms with Crippen LogP contribution in [0.3, 0.4) is 0 Å². The third-order valence-corrected chi connectivity index (χ3v) is 1.96. The highest BCUT2D eigenvalue weighted by atomic mass is 35.5. The molecule has 0 heterocycles. The Bertz CT molecular complexity index is 368. The number of anilines is 1. The molecule has 1 rings (SSSR count). The summed E-state index contributed by atoms with van der Waals surface area (Å²) in [5, 5.41) is 10.5. The predicted molar refractivity (Wildman–Crippen MR) is 53.7 cm³/mol. The Hall–Kier alpha value is -1.49. The van der Waals surface area contributed by atoms with E-state index in [-0.39, 0.29) is 22.1 Å².